The number of nitrogens with one attached hydrogen (secondary N) is 1. The molecule has 1 atom stereocenters. The molecule has 0 aliphatic rings. The maximum Gasteiger partial charge on any atom is 0.262 e. The Kier molecular flexibility index (Phi) is 6.18. The standard InChI is InChI=1S/C19H23NO3/c1-3-14-5-9-16(10-6-14)20-19(22)13-23-17-11-7-15(8-12-17)18(21)4-2/h5-12,18,21H,3-4,13H2,1-2H3,(H,20,22). The summed E-state index contributed by atoms with van der Waals surface area (Å²) in [5.41, 5.74) is 2.84. The molecule has 2 aromatic carbocycles. The van der Waals surface area contributed by atoms with Gasteiger partial charge < -0.3 is 15.2 Å². The highest BCUT2D eigenvalue weighted by atomic mass is 16.5. The quantitative estimate of drug-likeness (QED) is 0.819. The highest BCUT2D eigenvalue weighted by molar-refractivity contribution is 5.91. The van der Waals surface area contributed by atoms with Crippen LogP contribution >= 0.6 is 0 Å². The lowest BCUT2D eigenvalue weighted by atomic mass is 10.1. The van der Waals surface area contributed by atoms with Gasteiger partial charge in [0.2, 0.25) is 0 Å². The fraction of sp³-hybridized carbons (Fsp3) is 0.316. The number of ether oxygens (including phenoxy) is 1. The average Bonchev–Trinajstić information content (AvgIpc) is 2.60. The van der Waals surface area contributed by atoms with Gasteiger partial charge in [0, 0.05) is 5.69 Å². The van der Waals surface area contributed by atoms with E-state index in [0.29, 0.717) is 12.2 Å². The van der Waals surface area contributed by atoms with Crippen molar-refractivity contribution in [1.82, 2.24) is 0 Å². The van der Waals surface area contributed by atoms with Crippen LogP contribution in [0.4, 0.5) is 5.69 Å². The van der Waals surface area contributed by atoms with Crippen molar-refractivity contribution in [2.45, 2.75) is 32.8 Å². The summed E-state index contributed by atoms with van der Waals surface area (Å²) in [5, 5.41) is 12.5. The zero-order chi connectivity index (χ0) is 16.7. The third-order valence-corrected chi connectivity index (χ3v) is 3.67. The molecule has 122 valence electrons. The average molecular weight is 313 g/mol. The molecule has 0 radical (unpaired) electrons. The fourth-order valence-corrected chi connectivity index (χ4v) is 2.19. The molecule has 0 aromatic heterocycles. The van der Waals surface area contributed by atoms with E-state index in [1.54, 1.807) is 12.1 Å². The molecule has 0 saturated heterocycles. The van der Waals surface area contributed by atoms with E-state index in [1.807, 2.05) is 43.3 Å². The molecule has 2 aromatic rings. The van der Waals surface area contributed by atoms with Crippen LogP contribution in [-0.2, 0) is 11.2 Å². The highest BCUT2D eigenvalue weighted by Gasteiger charge is 2.06. The van der Waals surface area contributed by atoms with E-state index in [0.717, 1.165) is 17.7 Å². The molecule has 0 spiro atoms. The minimum Gasteiger partial charge on any atom is -0.484 e. The molecule has 0 bridgehead atoms. The van der Waals surface area contributed by atoms with E-state index in [-0.39, 0.29) is 12.5 Å². The van der Waals surface area contributed by atoms with Crippen molar-refractivity contribution in [3.05, 3.63) is 59.7 Å². The van der Waals surface area contributed by atoms with Crippen molar-refractivity contribution in [1.29, 1.82) is 0 Å². The Morgan fingerprint density at radius 2 is 1.74 bits per heavy atom. The third-order valence-electron chi connectivity index (χ3n) is 3.67. The van der Waals surface area contributed by atoms with Gasteiger partial charge in [-0.1, -0.05) is 38.1 Å². The number of aryl methyl sites for hydroxylation is 1. The van der Waals surface area contributed by atoms with Gasteiger partial charge in [-0.3, -0.25) is 4.79 Å². The number of carbonyl (C=O) groups excluding carboxylic acids is 1. The molecule has 23 heavy (non-hydrogen) atoms. The van der Waals surface area contributed by atoms with Crippen LogP contribution in [0.5, 0.6) is 5.75 Å². The molecule has 0 saturated carbocycles. The van der Waals surface area contributed by atoms with Crippen LogP contribution in [-0.4, -0.2) is 17.6 Å². The SMILES string of the molecule is CCc1ccc(NC(=O)COc2ccc(C(O)CC)cc2)cc1. The normalized spacial score (nSPS) is 11.8. The van der Waals surface area contributed by atoms with Gasteiger partial charge in [0.15, 0.2) is 6.61 Å². The first-order valence-electron chi connectivity index (χ1n) is 7.92. The summed E-state index contributed by atoms with van der Waals surface area (Å²) < 4.78 is 5.46. The lowest BCUT2D eigenvalue weighted by Crippen LogP contribution is -2.20. The number of aliphatic hydroxyl groups is 1. The lowest BCUT2D eigenvalue weighted by Gasteiger charge is -2.10. The second-order valence-corrected chi connectivity index (χ2v) is 5.38. The van der Waals surface area contributed by atoms with E-state index >= 15 is 0 Å². The van der Waals surface area contributed by atoms with Crippen molar-refractivity contribution in [3.8, 4) is 5.75 Å². The fourth-order valence-electron chi connectivity index (χ4n) is 2.19. The summed E-state index contributed by atoms with van der Waals surface area (Å²) in [4.78, 5) is 11.9. The first-order chi connectivity index (χ1) is 11.1. The number of aliphatic hydroxyl groups excluding tert-OH is 1. The van der Waals surface area contributed by atoms with Gasteiger partial charge in [0.1, 0.15) is 5.75 Å². The molecule has 0 aliphatic carbocycles. The maximum absolute atomic E-state index is 11.9. The van der Waals surface area contributed by atoms with Crippen LogP contribution in [0.1, 0.15) is 37.5 Å². The topological polar surface area (TPSA) is 58.6 Å². The van der Waals surface area contributed by atoms with Crippen molar-refractivity contribution in [2.75, 3.05) is 11.9 Å². The molecule has 2 rings (SSSR count). The van der Waals surface area contributed by atoms with E-state index in [9.17, 15) is 9.90 Å². The molecule has 1 amide bonds. The predicted octanol–water partition coefficient (Wildman–Crippen LogP) is 3.71. The van der Waals surface area contributed by atoms with E-state index in [2.05, 4.69) is 12.2 Å². The number of carbonyl (C=O) groups is 1. The Morgan fingerprint density at radius 1 is 1.09 bits per heavy atom. The molecule has 0 aliphatic heterocycles. The van der Waals surface area contributed by atoms with Gasteiger partial charge >= 0.3 is 0 Å². The number of rotatable bonds is 7. The number of amides is 1. The Hall–Kier alpha value is -2.33. The van der Waals surface area contributed by atoms with Crippen molar-refractivity contribution in [3.63, 3.8) is 0 Å². The Balaban J connectivity index is 1.83. The Labute approximate surface area is 137 Å². The van der Waals surface area contributed by atoms with E-state index in [4.69, 9.17) is 4.74 Å². The second-order valence-electron chi connectivity index (χ2n) is 5.38. The lowest BCUT2D eigenvalue weighted by molar-refractivity contribution is -0.118. The monoisotopic (exact) mass is 313 g/mol. The molecular formula is C19H23NO3. The van der Waals surface area contributed by atoms with Gasteiger partial charge in [0.25, 0.3) is 5.91 Å². The van der Waals surface area contributed by atoms with Crippen LogP contribution < -0.4 is 10.1 Å². The number of benzene rings is 2. The molecule has 2 N–H and O–H groups in total. The van der Waals surface area contributed by atoms with E-state index < -0.39 is 6.10 Å². The molecule has 0 fully saturated rings. The smallest absolute Gasteiger partial charge is 0.262 e. The number of hydrogen-bond donors (Lipinski definition) is 2. The summed E-state index contributed by atoms with van der Waals surface area (Å²) in [6, 6.07) is 14.9. The van der Waals surface area contributed by atoms with Gasteiger partial charge in [-0.05, 0) is 48.2 Å². The van der Waals surface area contributed by atoms with Crippen LogP contribution in [0.3, 0.4) is 0 Å². The Bertz CT molecular complexity index is 620. The second kappa shape index (κ2) is 8.34. The molecule has 0 heterocycles. The number of anilines is 1. The highest BCUT2D eigenvalue weighted by Crippen LogP contribution is 2.19. The van der Waals surface area contributed by atoms with Crippen LogP contribution in [0.25, 0.3) is 0 Å². The predicted molar refractivity (Wildman–Crippen MR) is 91.6 cm³/mol. The third kappa shape index (κ3) is 5.11. The largest absolute Gasteiger partial charge is 0.484 e. The minimum absolute atomic E-state index is 0.0504. The van der Waals surface area contributed by atoms with Crippen LogP contribution in [0.15, 0.2) is 48.5 Å². The van der Waals surface area contributed by atoms with Gasteiger partial charge in [0.05, 0.1) is 6.10 Å². The van der Waals surface area contributed by atoms with Gasteiger partial charge in [-0.25, -0.2) is 0 Å². The van der Waals surface area contributed by atoms with E-state index in [1.165, 1.54) is 5.56 Å². The van der Waals surface area contributed by atoms with Crippen molar-refractivity contribution >= 4 is 11.6 Å². The first kappa shape index (κ1) is 17.0. The summed E-state index contributed by atoms with van der Waals surface area (Å²) in [7, 11) is 0. The van der Waals surface area contributed by atoms with Crippen LogP contribution in [0.2, 0.25) is 0 Å². The first-order valence-corrected chi connectivity index (χ1v) is 7.92. The molecular weight excluding hydrogens is 290 g/mol. The molecule has 4 nitrogen and oxygen atoms in total. The maximum atomic E-state index is 11.9. The Morgan fingerprint density at radius 3 is 2.30 bits per heavy atom. The van der Waals surface area contributed by atoms with Crippen LogP contribution in [0, 0.1) is 0 Å². The zero-order valence-corrected chi connectivity index (χ0v) is 13.6. The molecule has 4 heteroatoms. The minimum atomic E-state index is -0.460. The summed E-state index contributed by atoms with van der Waals surface area (Å²) in [6.45, 7) is 3.96. The summed E-state index contributed by atoms with van der Waals surface area (Å²) in [5.74, 6) is 0.403. The van der Waals surface area contributed by atoms with Gasteiger partial charge in [-0.2, -0.15) is 0 Å². The summed E-state index contributed by atoms with van der Waals surface area (Å²) >= 11 is 0. The summed E-state index contributed by atoms with van der Waals surface area (Å²) in [6.07, 6.45) is 1.18. The zero-order valence-electron chi connectivity index (χ0n) is 13.6. The number of hydrogen-bond acceptors (Lipinski definition) is 3. The van der Waals surface area contributed by atoms with Gasteiger partial charge in [-0.15, -0.1) is 0 Å². The van der Waals surface area contributed by atoms with Crippen molar-refractivity contribution < 1.29 is 14.6 Å². The van der Waals surface area contributed by atoms with Crippen molar-refractivity contribution in [2.24, 2.45) is 0 Å². The molecule has 1 unspecified atom stereocenters.